The van der Waals surface area contributed by atoms with Crippen molar-refractivity contribution < 1.29 is 13.2 Å². The Labute approximate surface area is 197 Å². The molecule has 0 spiro atoms. The Hall–Kier alpha value is -2.74. The first kappa shape index (κ1) is 22.5. The molecule has 9 heteroatoms. The highest BCUT2D eigenvalue weighted by Gasteiger charge is 2.27. The Morgan fingerprint density at radius 1 is 0.812 bits per heavy atom. The lowest BCUT2D eigenvalue weighted by molar-refractivity contribution is 0.192. The molecule has 4 rings (SSSR count). The number of nitrogens with one attached hydrogen (secondary N) is 1. The second kappa shape index (κ2) is 9.40. The van der Waals surface area contributed by atoms with Crippen molar-refractivity contribution in [3.05, 3.63) is 88.4 Å². The van der Waals surface area contributed by atoms with Crippen LogP contribution in [0, 0.1) is 0 Å². The molecule has 1 aliphatic heterocycles. The fourth-order valence-electron chi connectivity index (χ4n) is 3.52. The number of hydrogen-bond donors (Lipinski definition) is 1. The largest absolute Gasteiger partial charge is 0.324 e. The number of carbonyl (C=O) groups is 1. The maximum absolute atomic E-state index is 13.0. The zero-order valence-corrected chi connectivity index (χ0v) is 19.4. The molecule has 0 aromatic heterocycles. The number of carbonyl (C=O) groups excluding carboxylic acids is 1. The summed E-state index contributed by atoms with van der Waals surface area (Å²) in [6.07, 6.45) is 0.838. The van der Waals surface area contributed by atoms with Crippen LogP contribution in [0.2, 0.25) is 10.0 Å². The Bertz CT molecular complexity index is 1200. The van der Waals surface area contributed by atoms with Crippen LogP contribution in [0.25, 0.3) is 0 Å². The van der Waals surface area contributed by atoms with Gasteiger partial charge in [0.05, 0.1) is 4.90 Å². The number of amides is 2. The third kappa shape index (κ3) is 5.18. The van der Waals surface area contributed by atoms with Crippen LogP contribution in [-0.4, -0.2) is 32.4 Å². The number of halogens is 2. The highest BCUT2D eigenvalue weighted by Crippen LogP contribution is 2.25. The van der Waals surface area contributed by atoms with Crippen molar-refractivity contribution in [1.82, 2.24) is 4.90 Å². The highest BCUT2D eigenvalue weighted by atomic mass is 35.5. The van der Waals surface area contributed by atoms with E-state index in [0.717, 1.165) is 12.0 Å². The van der Waals surface area contributed by atoms with E-state index in [-0.39, 0.29) is 10.9 Å². The van der Waals surface area contributed by atoms with Crippen LogP contribution in [0.1, 0.15) is 12.0 Å². The zero-order chi connectivity index (χ0) is 22.7. The van der Waals surface area contributed by atoms with Crippen molar-refractivity contribution in [2.45, 2.75) is 17.9 Å². The Kier molecular flexibility index (Phi) is 6.60. The van der Waals surface area contributed by atoms with Gasteiger partial charge < -0.3 is 4.90 Å². The lowest BCUT2D eigenvalue weighted by Gasteiger charge is -2.35. The molecular formula is C23H21Cl2N3O3S. The summed E-state index contributed by atoms with van der Waals surface area (Å²) < 4.78 is 27.7. The molecule has 0 unspecified atom stereocenters. The molecule has 3 aromatic carbocycles. The molecule has 0 atom stereocenters. The van der Waals surface area contributed by atoms with E-state index in [1.165, 1.54) is 24.3 Å². The third-order valence-electron chi connectivity index (χ3n) is 5.15. The van der Waals surface area contributed by atoms with E-state index in [0.29, 0.717) is 41.1 Å². The molecule has 0 radical (unpaired) electrons. The number of hydrogen-bond acceptors (Lipinski definition) is 3. The average molecular weight is 490 g/mol. The molecule has 0 aliphatic carbocycles. The van der Waals surface area contributed by atoms with Crippen molar-refractivity contribution >= 4 is 50.6 Å². The summed E-state index contributed by atoms with van der Waals surface area (Å²) in [6.45, 7) is 1.79. The van der Waals surface area contributed by atoms with E-state index in [4.69, 9.17) is 23.2 Å². The van der Waals surface area contributed by atoms with E-state index in [9.17, 15) is 13.2 Å². The predicted molar refractivity (Wildman–Crippen MR) is 128 cm³/mol. The summed E-state index contributed by atoms with van der Waals surface area (Å²) >= 11 is 11.8. The van der Waals surface area contributed by atoms with Gasteiger partial charge in [-0.15, -0.1) is 0 Å². The van der Waals surface area contributed by atoms with Gasteiger partial charge in [-0.3, -0.25) is 9.62 Å². The Morgan fingerprint density at radius 2 is 1.41 bits per heavy atom. The summed E-state index contributed by atoms with van der Waals surface area (Å²) in [5.74, 6) is 0. The van der Waals surface area contributed by atoms with Crippen LogP contribution in [0.4, 0.5) is 16.2 Å². The maximum Gasteiger partial charge on any atom is 0.324 e. The molecule has 3 aromatic rings. The molecule has 1 fully saturated rings. The molecule has 1 N–H and O–H groups in total. The molecule has 166 valence electrons. The van der Waals surface area contributed by atoms with E-state index in [1.807, 2.05) is 24.3 Å². The van der Waals surface area contributed by atoms with Crippen LogP contribution in [-0.2, 0) is 16.6 Å². The monoisotopic (exact) mass is 489 g/mol. The van der Waals surface area contributed by atoms with Crippen molar-refractivity contribution in [2.75, 3.05) is 22.7 Å². The summed E-state index contributed by atoms with van der Waals surface area (Å²) in [4.78, 5) is 16.6. The van der Waals surface area contributed by atoms with Gasteiger partial charge in [-0.2, -0.15) is 0 Å². The lowest BCUT2D eigenvalue weighted by atomic mass is 10.2. The fourth-order valence-corrected chi connectivity index (χ4v) is 4.83. The molecule has 1 saturated heterocycles. The van der Waals surface area contributed by atoms with Crippen LogP contribution in [0.3, 0.4) is 0 Å². The normalized spacial score (nSPS) is 14.5. The van der Waals surface area contributed by atoms with Gasteiger partial charge in [0.15, 0.2) is 0 Å². The summed E-state index contributed by atoms with van der Waals surface area (Å²) in [5, 5.41) is 1.12. The Balaban J connectivity index is 1.45. The van der Waals surface area contributed by atoms with Gasteiger partial charge >= 0.3 is 6.03 Å². The predicted octanol–water partition coefficient (Wildman–Crippen LogP) is 5.63. The van der Waals surface area contributed by atoms with Gasteiger partial charge in [-0.1, -0.05) is 35.3 Å². The first-order valence-electron chi connectivity index (χ1n) is 10.0. The number of nitrogens with zero attached hydrogens (tertiary/aromatic N) is 2. The van der Waals surface area contributed by atoms with Gasteiger partial charge in [-0.05, 0) is 72.6 Å². The highest BCUT2D eigenvalue weighted by molar-refractivity contribution is 7.92. The molecule has 6 nitrogen and oxygen atoms in total. The van der Waals surface area contributed by atoms with Gasteiger partial charge in [0.1, 0.15) is 0 Å². The number of urea groups is 1. The summed E-state index contributed by atoms with van der Waals surface area (Å²) in [7, 11) is -3.73. The zero-order valence-electron chi connectivity index (χ0n) is 17.0. The van der Waals surface area contributed by atoms with E-state index in [2.05, 4.69) is 4.72 Å². The average Bonchev–Trinajstić information content (AvgIpc) is 2.77. The molecule has 1 aliphatic rings. The molecule has 0 bridgehead atoms. The second-order valence-electron chi connectivity index (χ2n) is 7.44. The van der Waals surface area contributed by atoms with Crippen LogP contribution >= 0.6 is 23.2 Å². The molecule has 0 saturated carbocycles. The third-order valence-corrected chi connectivity index (χ3v) is 7.05. The second-order valence-corrected chi connectivity index (χ2v) is 10.00. The van der Waals surface area contributed by atoms with Crippen molar-refractivity contribution in [3.8, 4) is 0 Å². The number of rotatable bonds is 6. The van der Waals surface area contributed by atoms with E-state index in [1.54, 1.807) is 34.1 Å². The quantitative estimate of drug-likeness (QED) is 0.487. The van der Waals surface area contributed by atoms with E-state index < -0.39 is 10.0 Å². The minimum atomic E-state index is -3.73. The van der Waals surface area contributed by atoms with Gasteiger partial charge in [0, 0.05) is 41.1 Å². The molecule has 2 amide bonds. The standard InChI is InChI=1S/C23H21Cl2N3O3S/c24-18-4-2-17(3-5-18)16-27-14-1-15-28(23(27)29)21-10-8-20(9-11-21)26-32(30,31)22-12-6-19(25)7-13-22/h2-13,26H,1,14-16H2. The van der Waals surface area contributed by atoms with Crippen molar-refractivity contribution in [1.29, 1.82) is 0 Å². The summed E-state index contributed by atoms with van der Waals surface area (Å²) in [6, 6.07) is 20.1. The molecular weight excluding hydrogens is 469 g/mol. The van der Waals surface area contributed by atoms with E-state index >= 15 is 0 Å². The van der Waals surface area contributed by atoms with Gasteiger partial charge in [0.25, 0.3) is 10.0 Å². The first-order valence-corrected chi connectivity index (χ1v) is 12.2. The number of sulfonamides is 1. The lowest BCUT2D eigenvalue weighted by Crippen LogP contribution is -2.49. The van der Waals surface area contributed by atoms with Crippen LogP contribution in [0.15, 0.2) is 77.7 Å². The van der Waals surface area contributed by atoms with Gasteiger partial charge in [-0.25, -0.2) is 13.2 Å². The molecule has 1 heterocycles. The SMILES string of the molecule is O=C1N(Cc2ccc(Cl)cc2)CCCN1c1ccc(NS(=O)(=O)c2ccc(Cl)cc2)cc1. The maximum atomic E-state index is 13.0. The minimum Gasteiger partial charge on any atom is -0.320 e. The fraction of sp³-hybridized carbons (Fsp3) is 0.174. The summed E-state index contributed by atoms with van der Waals surface area (Å²) in [5.41, 5.74) is 2.13. The van der Waals surface area contributed by atoms with Gasteiger partial charge in [0.2, 0.25) is 0 Å². The van der Waals surface area contributed by atoms with Crippen molar-refractivity contribution in [2.24, 2.45) is 0 Å². The first-order chi connectivity index (χ1) is 15.3. The van der Waals surface area contributed by atoms with Crippen LogP contribution in [0.5, 0.6) is 0 Å². The van der Waals surface area contributed by atoms with Crippen LogP contribution < -0.4 is 9.62 Å². The van der Waals surface area contributed by atoms with Crippen molar-refractivity contribution in [3.63, 3.8) is 0 Å². The smallest absolute Gasteiger partial charge is 0.320 e. The molecule has 32 heavy (non-hydrogen) atoms. The number of benzene rings is 3. The Morgan fingerprint density at radius 3 is 2.03 bits per heavy atom. The topological polar surface area (TPSA) is 69.7 Å². The number of anilines is 2. The minimum absolute atomic E-state index is 0.0827.